The summed E-state index contributed by atoms with van der Waals surface area (Å²) in [4.78, 5) is 0. The van der Waals surface area contributed by atoms with Gasteiger partial charge in [-0.2, -0.15) is 0 Å². The maximum absolute atomic E-state index is 9.34. The van der Waals surface area contributed by atoms with Crippen molar-refractivity contribution in [2.75, 3.05) is 0 Å². The summed E-state index contributed by atoms with van der Waals surface area (Å²) >= 11 is 0. The Morgan fingerprint density at radius 1 is 0.895 bits per heavy atom. The highest BCUT2D eigenvalue weighted by Gasteiger charge is 2.22. The van der Waals surface area contributed by atoms with Crippen LogP contribution in [0.15, 0.2) is 24.3 Å². The van der Waals surface area contributed by atoms with E-state index in [4.69, 9.17) is 0 Å². The van der Waals surface area contributed by atoms with Crippen molar-refractivity contribution in [2.24, 2.45) is 17.8 Å². The molecular weight excluding hydrogens is 232 g/mol. The Kier molecular flexibility index (Phi) is 6.97. The molecule has 0 fully saturated rings. The molecule has 0 amide bonds. The minimum Gasteiger partial charge on any atom is -0.508 e. The molecule has 0 spiro atoms. The molecule has 19 heavy (non-hydrogen) atoms. The van der Waals surface area contributed by atoms with E-state index >= 15 is 0 Å². The van der Waals surface area contributed by atoms with Crippen LogP contribution in [0.25, 0.3) is 0 Å². The number of benzene rings is 1. The average molecular weight is 262 g/mol. The first-order valence-electron chi connectivity index (χ1n) is 7.86. The van der Waals surface area contributed by atoms with Gasteiger partial charge >= 0.3 is 0 Å². The lowest BCUT2D eigenvalue weighted by Gasteiger charge is -2.29. The maximum atomic E-state index is 9.34. The van der Waals surface area contributed by atoms with Crippen LogP contribution in [-0.4, -0.2) is 5.11 Å². The van der Waals surface area contributed by atoms with Crippen LogP contribution in [0.4, 0.5) is 0 Å². The fraction of sp³-hybridized carbons (Fsp3) is 0.667. The van der Waals surface area contributed by atoms with Crippen LogP contribution in [-0.2, 0) is 6.42 Å². The summed E-state index contributed by atoms with van der Waals surface area (Å²) in [6.07, 6.45) is 6.36. The first-order valence-corrected chi connectivity index (χ1v) is 7.86. The van der Waals surface area contributed by atoms with Crippen LogP contribution in [0.2, 0.25) is 0 Å². The van der Waals surface area contributed by atoms with Crippen LogP contribution in [0.1, 0.15) is 58.9 Å². The van der Waals surface area contributed by atoms with Crippen molar-refractivity contribution in [2.45, 2.75) is 59.8 Å². The highest BCUT2D eigenvalue weighted by Crippen LogP contribution is 2.31. The summed E-state index contributed by atoms with van der Waals surface area (Å²) < 4.78 is 0. The Morgan fingerprint density at radius 2 is 1.47 bits per heavy atom. The zero-order valence-corrected chi connectivity index (χ0v) is 13.0. The summed E-state index contributed by atoms with van der Waals surface area (Å²) in [5.74, 6) is 2.71. The first-order chi connectivity index (χ1) is 9.08. The van der Waals surface area contributed by atoms with Crippen molar-refractivity contribution in [1.82, 2.24) is 0 Å². The molecule has 1 heteroatoms. The predicted octanol–water partition coefficient (Wildman–Crippen LogP) is 5.42. The molecule has 1 nitrogen and oxygen atoms in total. The van der Waals surface area contributed by atoms with Crippen molar-refractivity contribution < 1.29 is 5.11 Å². The largest absolute Gasteiger partial charge is 0.508 e. The van der Waals surface area contributed by atoms with Crippen molar-refractivity contribution in [3.63, 3.8) is 0 Å². The minimum absolute atomic E-state index is 0.362. The molecule has 3 atom stereocenters. The van der Waals surface area contributed by atoms with Crippen LogP contribution >= 0.6 is 0 Å². The number of aromatic hydroxyl groups is 1. The van der Waals surface area contributed by atoms with Gasteiger partial charge in [-0.05, 0) is 41.9 Å². The molecule has 0 aliphatic rings. The van der Waals surface area contributed by atoms with Gasteiger partial charge in [0.2, 0.25) is 0 Å². The van der Waals surface area contributed by atoms with E-state index in [0.29, 0.717) is 11.7 Å². The van der Waals surface area contributed by atoms with Crippen LogP contribution in [0, 0.1) is 17.8 Å². The molecule has 0 aromatic heterocycles. The molecule has 1 rings (SSSR count). The third kappa shape index (κ3) is 5.26. The van der Waals surface area contributed by atoms with E-state index in [1.165, 1.54) is 31.2 Å². The van der Waals surface area contributed by atoms with Gasteiger partial charge in [0.1, 0.15) is 5.75 Å². The van der Waals surface area contributed by atoms with Gasteiger partial charge in [0.25, 0.3) is 0 Å². The summed E-state index contributed by atoms with van der Waals surface area (Å²) in [7, 11) is 0. The highest BCUT2D eigenvalue weighted by molar-refractivity contribution is 5.26. The predicted molar refractivity (Wildman–Crippen MR) is 83.4 cm³/mol. The summed E-state index contributed by atoms with van der Waals surface area (Å²) in [5.41, 5.74) is 1.34. The lowest BCUT2D eigenvalue weighted by atomic mass is 9.76. The van der Waals surface area contributed by atoms with Gasteiger partial charge in [-0.3, -0.25) is 0 Å². The third-order valence-electron chi connectivity index (χ3n) is 4.32. The van der Waals surface area contributed by atoms with Gasteiger partial charge in [0, 0.05) is 0 Å². The molecule has 3 unspecified atom stereocenters. The molecule has 108 valence electrons. The van der Waals surface area contributed by atoms with Gasteiger partial charge in [0.15, 0.2) is 0 Å². The van der Waals surface area contributed by atoms with Gasteiger partial charge in [0.05, 0.1) is 0 Å². The molecule has 0 aliphatic carbocycles. The summed E-state index contributed by atoms with van der Waals surface area (Å²) in [5, 5.41) is 9.34. The van der Waals surface area contributed by atoms with Gasteiger partial charge in [-0.25, -0.2) is 0 Å². The van der Waals surface area contributed by atoms with Crippen LogP contribution < -0.4 is 0 Å². The van der Waals surface area contributed by atoms with Crippen molar-refractivity contribution >= 4 is 0 Å². The Labute approximate surface area is 119 Å². The zero-order valence-electron chi connectivity index (χ0n) is 13.0. The smallest absolute Gasteiger partial charge is 0.115 e. The number of hydrogen-bond acceptors (Lipinski definition) is 1. The topological polar surface area (TPSA) is 20.2 Å². The van der Waals surface area contributed by atoms with Crippen molar-refractivity contribution in [3.05, 3.63) is 29.8 Å². The zero-order chi connectivity index (χ0) is 14.3. The standard InChI is InChI=1S/C18H30O/c1-5-7-14(3)18(8-6-2)15(4)13-16-9-11-17(19)12-10-16/h9-12,14-15,18-19H,5-8,13H2,1-4H3. The molecule has 0 bridgehead atoms. The van der Waals surface area contributed by atoms with Crippen LogP contribution in [0.5, 0.6) is 5.75 Å². The molecule has 0 saturated carbocycles. The normalized spacial score (nSPS) is 16.0. The summed E-state index contributed by atoms with van der Waals surface area (Å²) in [6.45, 7) is 9.37. The van der Waals surface area contributed by atoms with Gasteiger partial charge < -0.3 is 5.11 Å². The molecule has 0 aliphatic heterocycles. The Bertz CT molecular complexity index is 341. The van der Waals surface area contributed by atoms with Gasteiger partial charge in [-0.15, -0.1) is 0 Å². The Hall–Kier alpha value is -0.980. The second-order valence-electron chi connectivity index (χ2n) is 6.07. The van der Waals surface area contributed by atoms with E-state index in [9.17, 15) is 5.11 Å². The number of phenols is 1. The SMILES string of the molecule is CCCC(C)C(CCC)C(C)Cc1ccc(O)cc1. The monoisotopic (exact) mass is 262 g/mol. The van der Waals surface area contributed by atoms with E-state index in [1.807, 2.05) is 0 Å². The fourth-order valence-electron chi connectivity index (χ4n) is 3.29. The van der Waals surface area contributed by atoms with E-state index in [-0.39, 0.29) is 0 Å². The summed E-state index contributed by atoms with van der Waals surface area (Å²) in [6, 6.07) is 7.71. The van der Waals surface area contributed by atoms with E-state index in [2.05, 4.69) is 39.8 Å². The molecule has 0 saturated heterocycles. The van der Waals surface area contributed by atoms with Crippen LogP contribution in [0.3, 0.4) is 0 Å². The Morgan fingerprint density at radius 3 is 2.00 bits per heavy atom. The Balaban J connectivity index is 2.65. The van der Waals surface area contributed by atoms with E-state index < -0.39 is 0 Å². The molecule has 1 N–H and O–H groups in total. The fourth-order valence-corrected chi connectivity index (χ4v) is 3.29. The van der Waals surface area contributed by atoms with Gasteiger partial charge in [-0.1, -0.05) is 65.5 Å². The average Bonchev–Trinajstić information content (AvgIpc) is 2.38. The second-order valence-corrected chi connectivity index (χ2v) is 6.07. The quantitative estimate of drug-likeness (QED) is 0.663. The molecule has 1 aromatic rings. The van der Waals surface area contributed by atoms with E-state index in [0.717, 1.165) is 18.3 Å². The second kappa shape index (κ2) is 8.24. The lowest BCUT2D eigenvalue weighted by Crippen LogP contribution is -2.21. The number of hydrogen-bond donors (Lipinski definition) is 1. The number of rotatable bonds is 8. The third-order valence-corrected chi connectivity index (χ3v) is 4.32. The molecular formula is C18H30O. The molecule has 0 heterocycles. The number of phenolic OH excluding ortho intramolecular Hbond substituents is 1. The van der Waals surface area contributed by atoms with Crippen molar-refractivity contribution in [3.8, 4) is 5.75 Å². The van der Waals surface area contributed by atoms with E-state index in [1.54, 1.807) is 12.1 Å². The lowest BCUT2D eigenvalue weighted by molar-refractivity contribution is 0.223. The minimum atomic E-state index is 0.362. The van der Waals surface area contributed by atoms with Crippen molar-refractivity contribution in [1.29, 1.82) is 0 Å². The maximum Gasteiger partial charge on any atom is 0.115 e. The first kappa shape index (κ1) is 16.1. The molecule has 1 aromatic carbocycles. The molecule has 0 radical (unpaired) electrons. The highest BCUT2D eigenvalue weighted by atomic mass is 16.3.